The first-order chi connectivity index (χ1) is 13.7. The van der Waals surface area contributed by atoms with Crippen molar-refractivity contribution in [2.75, 3.05) is 0 Å². The Morgan fingerprint density at radius 1 is 0.800 bits per heavy atom. The van der Waals surface area contributed by atoms with Crippen molar-refractivity contribution in [2.45, 2.75) is 59.7 Å². The number of hydrogen-bond donors (Lipinski definition) is 4. The normalized spacial score (nSPS) is 17.2. The molecule has 1 heterocycles. The van der Waals surface area contributed by atoms with Gasteiger partial charge in [0.2, 0.25) is 0 Å². The van der Waals surface area contributed by atoms with E-state index in [-0.39, 0.29) is 11.1 Å². The highest BCUT2D eigenvalue weighted by atomic mass is 16.4. The van der Waals surface area contributed by atoms with Gasteiger partial charge in [-0.2, -0.15) is 0 Å². The van der Waals surface area contributed by atoms with E-state index in [0.717, 1.165) is 4.90 Å². The Kier molecular flexibility index (Phi) is 6.15. The first-order valence-corrected chi connectivity index (χ1v) is 9.62. The molecule has 9 heteroatoms. The number of nitrogens with zero attached hydrogens (tertiary/aromatic N) is 1. The Balaban J connectivity index is 2.72. The van der Waals surface area contributed by atoms with Gasteiger partial charge in [-0.05, 0) is 23.0 Å². The monoisotopic (exact) mass is 419 g/mol. The van der Waals surface area contributed by atoms with E-state index in [2.05, 4.69) is 10.6 Å². The number of rotatable bonds is 5. The molecule has 0 spiro atoms. The molecule has 1 aromatic rings. The van der Waals surface area contributed by atoms with E-state index in [9.17, 15) is 29.4 Å². The average Bonchev–Trinajstić information content (AvgIpc) is 2.83. The van der Waals surface area contributed by atoms with Crippen molar-refractivity contribution in [1.82, 2.24) is 15.5 Å². The second kappa shape index (κ2) is 7.97. The highest BCUT2D eigenvalue weighted by molar-refractivity contribution is 6.21. The van der Waals surface area contributed by atoms with Crippen molar-refractivity contribution in [2.24, 2.45) is 10.8 Å². The Morgan fingerprint density at radius 2 is 1.13 bits per heavy atom. The Labute approximate surface area is 175 Å². The summed E-state index contributed by atoms with van der Waals surface area (Å²) in [7, 11) is 0. The van der Waals surface area contributed by atoms with Gasteiger partial charge in [0.15, 0.2) is 0 Å². The number of carboxylic acid groups (broad SMARTS) is 2. The number of carbonyl (C=O) groups is 4. The fourth-order valence-electron chi connectivity index (χ4n) is 3.86. The van der Waals surface area contributed by atoms with Gasteiger partial charge in [0.05, 0.1) is 29.3 Å². The average molecular weight is 419 g/mol. The zero-order valence-electron chi connectivity index (χ0n) is 18.0. The lowest BCUT2D eigenvalue weighted by Gasteiger charge is -2.47. The molecule has 2 unspecified atom stereocenters. The summed E-state index contributed by atoms with van der Waals surface area (Å²) in [5.74, 6) is -1.16. The van der Waals surface area contributed by atoms with Gasteiger partial charge in [-0.15, -0.1) is 0 Å². The standard InChI is InChI=1S/C21H29N3O6/c1-20(2,3)14(22-18(27)28)13(15(21(4,5)6)23-19(29)30)24-16(25)11-9-7-8-10-12(11)17(24)26/h7-10,13-15,22-23H,1-6H3,(H,27,28)(H,29,30). The van der Waals surface area contributed by atoms with Crippen LogP contribution in [0, 0.1) is 10.8 Å². The van der Waals surface area contributed by atoms with Crippen LogP contribution in [0.3, 0.4) is 0 Å². The van der Waals surface area contributed by atoms with E-state index >= 15 is 0 Å². The number of nitrogens with one attached hydrogen (secondary N) is 2. The lowest BCUT2D eigenvalue weighted by molar-refractivity contribution is 0.0297. The van der Waals surface area contributed by atoms with E-state index in [1.54, 1.807) is 53.7 Å². The van der Waals surface area contributed by atoms with E-state index < -0.39 is 53.0 Å². The number of hydrogen-bond acceptors (Lipinski definition) is 4. The van der Waals surface area contributed by atoms with Crippen LogP contribution in [0.1, 0.15) is 62.3 Å². The molecule has 0 bridgehead atoms. The molecule has 0 aliphatic carbocycles. The van der Waals surface area contributed by atoms with Crippen LogP contribution in [0.25, 0.3) is 0 Å². The smallest absolute Gasteiger partial charge is 0.404 e. The molecule has 4 N–H and O–H groups in total. The summed E-state index contributed by atoms with van der Waals surface area (Å²) in [6.45, 7) is 10.6. The summed E-state index contributed by atoms with van der Waals surface area (Å²) in [4.78, 5) is 50.7. The lowest BCUT2D eigenvalue weighted by atomic mass is 9.72. The van der Waals surface area contributed by atoms with Crippen LogP contribution in [0.2, 0.25) is 0 Å². The molecule has 0 radical (unpaired) electrons. The van der Waals surface area contributed by atoms with Crippen LogP contribution < -0.4 is 10.6 Å². The summed E-state index contributed by atoms with van der Waals surface area (Å²) >= 11 is 0. The number of amides is 4. The van der Waals surface area contributed by atoms with Crippen molar-refractivity contribution >= 4 is 24.0 Å². The maximum Gasteiger partial charge on any atom is 0.404 e. The van der Waals surface area contributed by atoms with Crippen molar-refractivity contribution in [1.29, 1.82) is 0 Å². The highest BCUT2D eigenvalue weighted by Gasteiger charge is 2.52. The molecule has 0 saturated carbocycles. The molecule has 30 heavy (non-hydrogen) atoms. The van der Waals surface area contributed by atoms with Crippen molar-refractivity contribution in [3.63, 3.8) is 0 Å². The van der Waals surface area contributed by atoms with Crippen molar-refractivity contribution in [3.05, 3.63) is 35.4 Å². The second-order valence-electron chi connectivity index (χ2n) is 9.60. The molecule has 2 atom stereocenters. The topological polar surface area (TPSA) is 136 Å². The molecule has 4 amide bonds. The first-order valence-electron chi connectivity index (χ1n) is 9.62. The minimum absolute atomic E-state index is 0.207. The lowest BCUT2D eigenvalue weighted by Crippen LogP contribution is -2.68. The molecule has 2 rings (SSSR count). The van der Waals surface area contributed by atoms with Crippen LogP contribution in [-0.2, 0) is 0 Å². The Bertz CT molecular complexity index is 799. The molecule has 0 fully saturated rings. The summed E-state index contributed by atoms with van der Waals surface area (Å²) in [6, 6.07) is 3.32. The molecule has 1 aliphatic heterocycles. The molecule has 0 saturated heterocycles. The summed E-state index contributed by atoms with van der Waals surface area (Å²) in [5.41, 5.74) is -1.08. The third-order valence-electron chi connectivity index (χ3n) is 5.23. The van der Waals surface area contributed by atoms with E-state index in [1.807, 2.05) is 0 Å². The summed E-state index contributed by atoms with van der Waals surface area (Å²) in [6.07, 6.45) is -2.67. The van der Waals surface area contributed by atoms with Gasteiger partial charge in [-0.25, -0.2) is 9.59 Å². The molecule has 0 aromatic heterocycles. The largest absolute Gasteiger partial charge is 0.465 e. The van der Waals surface area contributed by atoms with Crippen LogP contribution >= 0.6 is 0 Å². The van der Waals surface area contributed by atoms with E-state index in [0.29, 0.717) is 0 Å². The van der Waals surface area contributed by atoms with Gasteiger partial charge in [-0.1, -0.05) is 53.7 Å². The predicted octanol–water partition coefficient (Wildman–Crippen LogP) is 3.02. The third-order valence-corrected chi connectivity index (χ3v) is 5.23. The molecule has 9 nitrogen and oxygen atoms in total. The van der Waals surface area contributed by atoms with E-state index in [4.69, 9.17) is 0 Å². The fourth-order valence-corrected chi connectivity index (χ4v) is 3.86. The fraction of sp³-hybridized carbons (Fsp3) is 0.524. The van der Waals surface area contributed by atoms with Crippen LogP contribution in [0.5, 0.6) is 0 Å². The molecule has 1 aromatic carbocycles. The quantitative estimate of drug-likeness (QED) is 0.542. The molecule has 1 aliphatic rings. The third kappa shape index (κ3) is 4.55. The summed E-state index contributed by atoms with van der Waals surface area (Å²) < 4.78 is 0. The van der Waals surface area contributed by atoms with Gasteiger partial charge in [0.25, 0.3) is 11.8 Å². The maximum atomic E-state index is 13.2. The maximum absolute atomic E-state index is 13.2. The summed E-state index contributed by atoms with van der Waals surface area (Å²) in [5, 5.41) is 23.8. The zero-order valence-corrected chi connectivity index (χ0v) is 18.0. The van der Waals surface area contributed by atoms with Crippen molar-refractivity contribution < 1.29 is 29.4 Å². The number of fused-ring (bicyclic) bond motifs is 1. The van der Waals surface area contributed by atoms with Gasteiger partial charge in [-0.3, -0.25) is 14.5 Å². The molecule has 164 valence electrons. The van der Waals surface area contributed by atoms with Crippen LogP contribution in [-0.4, -0.2) is 57.2 Å². The van der Waals surface area contributed by atoms with Gasteiger partial charge in [0, 0.05) is 0 Å². The Hall–Kier alpha value is -3.10. The number of imide groups is 1. The van der Waals surface area contributed by atoms with Gasteiger partial charge in [0.1, 0.15) is 0 Å². The predicted molar refractivity (Wildman–Crippen MR) is 110 cm³/mol. The first kappa shape index (κ1) is 23.2. The number of benzene rings is 1. The van der Waals surface area contributed by atoms with Gasteiger partial charge < -0.3 is 20.8 Å². The second-order valence-corrected chi connectivity index (χ2v) is 9.60. The minimum Gasteiger partial charge on any atom is -0.465 e. The van der Waals surface area contributed by atoms with E-state index in [1.165, 1.54) is 12.1 Å². The number of carbonyl (C=O) groups excluding carboxylic acids is 2. The van der Waals surface area contributed by atoms with Gasteiger partial charge >= 0.3 is 12.2 Å². The van der Waals surface area contributed by atoms with Crippen molar-refractivity contribution in [3.8, 4) is 0 Å². The van der Waals surface area contributed by atoms with Crippen LogP contribution in [0.15, 0.2) is 24.3 Å². The molecular weight excluding hydrogens is 390 g/mol. The van der Waals surface area contributed by atoms with Crippen LogP contribution in [0.4, 0.5) is 9.59 Å². The highest BCUT2D eigenvalue weighted by Crippen LogP contribution is 2.36. The minimum atomic E-state index is -1.33. The SMILES string of the molecule is CC(C)(C)C(NC(=O)O)C(C(NC(=O)O)C(C)(C)C)N1C(=O)c2ccccc2C1=O. The zero-order chi connectivity index (χ0) is 23.0. The molecular formula is C21H29N3O6. The Morgan fingerprint density at radius 3 is 1.40 bits per heavy atom.